The first kappa shape index (κ1) is 22.1. The van der Waals surface area contributed by atoms with Crippen molar-refractivity contribution < 1.29 is 18.0 Å². The minimum absolute atomic E-state index is 0.0358. The predicted octanol–water partition coefficient (Wildman–Crippen LogP) is 5.26. The summed E-state index contributed by atoms with van der Waals surface area (Å²) in [6, 6.07) is 12.5. The first-order valence-electron chi connectivity index (χ1n) is 11.0. The number of anilines is 1. The van der Waals surface area contributed by atoms with Crippen molar-refractivity contribution in [2.75, 3.05) is 5.32 Å². The molecule has 4 aromatic rings. The molecule has 0 aliphatic heterocycles. The van der Waals surface area contributed by atoms with Crippen molar-refractivity contribution in [3.8, 4) is 0 Å². The summed E-state index contributed by atoms with van der Waals surface area (Å²) in [5.41, 5.74) is 2.76. The number of carbonyl (C=O) groups excluding carboxylic acids is 1. The second kappa shape index (κ2) is 8.55. The van der Waals surface area contributed by atoms with Crippen molar-refractivity contribution in [1.82, 2.24) is 19.7 Å². The lowest BCUT2D eigenvalue weighted by Gasteiger charge is -2.11. The number of amides is 1. The monoisotopic (exact) mass is 465 g/mol. The normalized spacial score (nSPS) is 13.9. The molecule has 1 fully saturated rings. The zero-order chi connectivity index (χ0) is 23.9. The van der Waals surface area contributed by atoms with Crippen LogP contribution in [0.15, 0.2) is 54.9 Å². The molecule has 34 heavy (non-hydrogen) atoms. The highest BCUT2D eigenvalue weighted by molar-refractivity contribution is 5.92. The number of nitrogens with one attached hydrogen (secondary N) is 1. The van der Waals surface area contributed by atoms with E-state index in [4.69, 9.17) is 0 Å². The number of hydrogen-bond acceptors (Lipinski definition) is 4. The number of hydrogen-bond donors (Lipinski definition) is 1. The van der Waals surface area contributed by atoms with Gasteiger partial charge in [0.2, 0.25) is 5.91 Å². The van der Waals surface area contributed by atoms with Crippen molar-refractivity contribution in [3.63, 3.8) is 0 Å². The Bertz CT molecular complexity index is 1340. The summed E-state index contributed by atoms with van der Waals surface area (Å²) in [5.74, 6) is -0.355. The Balaban J connectivity index is 1.35. The van der Waals surface area contributed by atoms with Crippen molar-refractivity contribution in [3.05, 3.63) is 82.9 Å². The Kier molecular flexibility index (Phi) is 5.55. The Morgan fingerprint density at radius 1 is 1.09 bits per heavy atom. The van der Waals surface area contributed by atoms with Crippen molar-refractivity contribution in [2.24, 2.45) is 0 Å². The molecule has 1 amide bonds. The van der Waals surface area contributed by atoms with E-state index in [-0.39, 0.29) is 29.2 Å². The van der Waals surface area contributed by atoms with E-state index in [1.807, 2.05) is 24.3 Å². The van der Waals surface area contributed by atoms with E-state index < -0.39 is 17.6 Å². The summed E-state index contributed by atoms with van der Waals surface area (Å²) < 4.78 is 42.5. The number of nitrogens with zero attached hydrogens (tertiary/aromatic N) is 4. The minimum Gasteiger partial charge on any atom is -0.324 e. The number of carbonyl (C=O) groups is 1. The molecule has 0 bridgehead atoms. The molecule has 1 aliphatic rings. The molecule has 9 heteroatoms. The van der Waals surface area contributed by atoms with Crippen LogP contribution in [0, 0.1) is 6.92 Å². The molecule has 0 unspecified atom stereocenters. The van der Waals surface area contributed by atoms with Gasteiger partial charge in [0.05, 0.1) is 16.6 Å². The van der Waals surface area contributed by atoms with Gasteiger partial charge in [0.15, 0.2) is 5.65 Å². The van der Waals surface area contributed by atoms with E-state index in [0.29, 0.717) is 11.4 Å². The third-order valence-corrected chi connectivity index (χ3v) is 5.89. The third-order valence-electron chi connectivity index (χ3n) is 5.89. The molecule has 3 aromatic heterocycles. The fourth-order valence-corrected chi connectivity index (χ4v) is 4.07. The summed E-state index contributed by atoms with van der Waals surface area (Å²) in [5, 5.41) is 6.96. The fourth-order valence-electron chi connectivity index (χ4n) is 4.07. The quantitative estimate of drug-likeness (QED) is 0.422. The van der Waals surface area contributed by atoms with Crippen molar-refractivity contribution in [1.29, 1.82) is 0 Å². The van der Waals surface area contributed by atoms with Gasteiger partial charge in [-0.2, -0.15) is 18.3 Å². The molecular weight excluding hydrogens is 443 g/mol. The van der Waals surface area contributed by atoms with Crippen LogP contribution in [0.2, 0.25) is 0 Å². The van der Waals surface area contributed by atoms with Gasteiger partial charge in [0.1, 0.15) is 6.54 Å². The maximum Gasteiger partial charge on any atom is 0.417 e. The zero-order valence-electron chi connectivity index (χ0n) is 18.4. The number of pyridine rings is 2. The lowest BCUT2D eigenvalue weighted by molar-refractivity contribution is -0.136. The van der Waals surface area contributed by atoms with Gasteiger partial charge in [-0.15, -0.1) is 0 Å². The fraction of sp³-hybridized carbons (Fsp3) is 0.280. The van der Waals surface area contributed by atoms with E-state index in [2.05, 4.69) is 20.4 Å². The standard InChI is InChI=1S/C25H22F3N5O/c1-15-23-20(25(26,27)28)13-21(18-4-5-18)31-24(23)33(32-15)14-22(34)30-19-6-2-16(3-7-19)12-17-8-10-29-11-9-17/h2-3,6-11,13,18H,4-5,12,14H2,1H3,(H,30,34). The topological polar surface area (TPSA) is 72.7 Å². The molecule has 1 aliphatic carbocycles. The number of halogens is 3. The van der Waals surface area contributed by atoms with E-state index in [1.165, 1.54) is 11.6 Å². The summed E-state index contributed by atoms with van der Waals surface area (Å²) in [4.78, 5) is 21.2. The van der Waals surface area contributed by atoms with Crippen LogP contribution in [0.4, 0.5) is 18.9 Å². The number of alkyl halides is 3. The molecular formula is C25H22F3N5O. The highest BCUT2D eigenvalue weighted by Crippen LogP contribution is 2.43. The molecule has 1 N–H and O–H groups in total. The third kappa shape index (κ3) is 4.64. The average Bonchev–Trinajstić information content (AvgIpc) is 3.60. The highest BCUT2D eigenvalue weighted by atomic mass is 19.4. The second-order valence-electron chi connectivity index (χ2n) is 8.59. The molecule has 174 valence electrons. The van der Waals surface area contributed by atoms with E-state index >= 15 is 0 Å². The van der Waals surface area contributed by atoms with Crippen LogP contribution in [-0.4, -0.2) is 25.7 Å². The second-order valence-corrected chi connectivity index (χ2v) is 8.59. The van der Waals surface area contributed by atoms with E-state index in [1.54, 1.807) is 24.5 Å². The Labute approximate surface area is 193 Å². The van der Waals surface area contributed by atoms with Gasteiger partial charge in [-0.05, 0) is 67.6 Å². The first-order chi connectivity index (χ1) is 16.3. The van der Waals surface area contributed by atoms with Crippen LogP contribution < -0.4 is 5.32 Å². The summed E-state index contributed by atoms with van der Waals surface area (Å²) in [7, 11) is 0. The van der Waals surface area contributed by atoms with Crippen LogP contribution in [0.1, 0.15) is 46.8 Å². The van der Waals surface area contributed by atoms with Crippen LogP contribution in [-0.2, 0) is 23.9 Å². The Morgan fingerprint density at radius 2 is 1.76 bits per heavy atom. The average molecular weight is 465 g/mol. The van der Waals surface area contributed by atoms with Crippen LogP contribution in [0.25, 0.3) is 11.0 Å². The highest BCUT2D eigenvalue weighted by Gasteiger charge is 2.37. The van der Waals surface area contributed by atoms with Crippen LogP contribution >= 0.6 is 0 Å². The number of benzene rings is 1. The van der Waals surface area contributed by atoms with Gasteiger partial charge >= 0.3 is 6.18 Å². The van der Waals surface area contributed by atoms with Crippen molar-refractivity contribution in [2.45, 2.75) is 44.8 Å². The number of fused-ring (bicyclic) bond motifs is 1. The van der Waals surface area contributed by atoms with Gasteiger partial charge in [-0.3, -0.25) is 9.78 Å². The van der Waals surface area contributed by atoms with Crippen molar-refractivity contribution >= 4 is 22.6 Å². The van der Waals surface area contributed by atoms with Gasteiger partial charge < -0.3 is 5.32 Å². The van der Waals surface area contributed by atoms with Crippen LogP contribution in [0.5, 0.6) is 0 Å². The molecule has 6 nitrogen and oxygen atoms in total. The molecule has 0 saturated heterocycles. The minimum atomic E-state index is -4.52. The molecule has 0 atom stereocenters. The smallest absolute Gasteiger partial charge is 0.324 e. The van der Waals surface area contributed by atoms with Gasteiger partial charge in [-0.1, -0.05) is 12.1 Å². The molecule has 3 heterocycles. The number of aromatic nitrogens is 4. The summed E-state index contributed by atoms with van der Waals surface area (Å²) in [6.07, 6.45) is 1.34. The predicted molar refractivity (Wildman–Crippen MR) is 121 cm³/mol. The van der Waals surface area contributed by atoms with E-state index in [0.717, 1.165) is 36.5 Å². The van der Waals surface area contributed by atoms with E-state index in [9.17, 15) is 18.0 Å². The number of rotatable bonds is 6. The largest absolute Gasteiger partial charge is 0.417 e. The molecule has 5 rings (SSSR count). The molecule has 1 saturated carbocycles. The molecule has 0 radical (unpaired) electrons. The lowest BCUT2D eigenvalue weighted by Crippen LogP contribution is -2.20. The van der Waals surface area contributed by atoms with Gasteiger partial charge in [0.25, 0.3) is 0 Å². The summed E-state index contributed by atoms with van der Waals surface area (Å²) in [6.45, 7) is 1.27. The molecule has 1 aromatic carbocycles. The zero-order valence-corrected chi connectivity index (χ0v) is 18.4. The number of aryl methyl sites for hydroxylation is 1. The Hall–Kier alpha value is -3.75. The van der Waals surface area contributed by atoms with Crippen LogP contribution in [0.3, 0.4) is 0 Å². The maximum atomic E-state index is 13.7. The molecule has 0 spiro atoms. The first-order valence-corrected chi connectivity index (χ1v) is 11.0. The SMILES string of the molecule is Cc1nn(CC(=O)Nc2ccc(Cc3ccncc3)cc2)c2nc(C3CC3)cc(C(F)(F)F)c12. The summed E-state index contributed by atoms with van der Waals surface area (Å²) >= 11 is 0. The van der Waals surface area contributed by atoms with Gasteiger partial charge in [0, 0.05) is 29.7 Å². The lowest BCUT2D eigenvalue weighted by atomic mass is 10.1. The van der Waals surface area contributed by atoms with Gasteiger partial charge in [-0.25, -0.2) is 9.67 Å². The Morgan fingerprint density at radius 3 is 2.41 bits per heavy atom. The maximum absolute atomic E-state index is 13.7.